The van der Waals surface area contributed by atoms with Gasteiger partial charge in [0.05, 0.1) is 39.0 Å². The number of methoxy groups -OCH3 is 2. The number of nitrogens with one attached hydrogen (secondary N) is 1. The molecule has 4 bridgehead atoms. The van der Waals surface area contributed by atoms with E-state index in [0.29, 0.717) is 53.9 Å². The third kappa shape index (κ3) is 7.78. The molecule has 3 aromatic rings. The Morgan fingerprint density at radius 3 is 2.60 bits per heavy atom. The molecule has 1 N–H and O–H groups in total. The van der Waals surface area contributed by atoms with Crippen LogP contribution in [0.4, 0.5) is 0 Å². The molecule has 12 heteroatoms. The molecule has 0 radical (unpaired) electrons. The second kappa shape index (κ2) is 14.7. The van der Waals surface area contributed by atoms with Crippen molar-refractivity contribution in [3.63, 3.8) is 0 Å². The van der Waals surface area contributed by atoms with Gasteiger partial charge < -0.3 is 43.5 Å². The number of ether oxygens (including phenoxy) is 6. The zero-order valence-electron chi connectivity index (χ0n) is 26.6. The lowest BCUT2D eigenvalue weighted by Crippen LogP contribution is -2.49. The van der Waals surface area contributed by atoms with E-state index >= 15 is 0 Å². The van der Waals surface area contributed by atoms with Crippen LogP contribution in [0.25, 0.3) is 0 Å². The first-order valence-corrected chi connectivity index (χ1v) is 15.7. The van der Waals surface area contributed by atoms with E-state index in [-0.39, 0.29) is 63.5 Å². The van der Waals surface area contributed by atoms with Crippen molar-refractivity contribution >= 4 is 17.7 Å². The minimum atomic E-state index is -0.511. The standard InChI is InChI=1S/C35H39N3O9/c1-42-13-12-37-21-33(39)36-27-19-38(35(41)25-8-10-29-30(18-25)45-15-14-44-29)20-32(27)46-22-24-4-3-5-26(16-24)47-31-17-23(7-11-34(37)40)6-9-28(31)43-2/h3-6,8-10,16-18,27,32H,7,11-15,19-22H2,1-2H3,(H,36,39)/t27-,32-/m0/s1. The first-order valence-electron chi connectivity index (χ1n) is 15.7. The van der Waals surface area contributed by atoms with Gasteiger partial charge in [0.2, 0.25) is 11.8 Å². The summed E-state index contributed by atoms with van der Waals surface area (Å²) in [4.78, 5) is 43.6. The van der Waals surface area contributed by atoms with Crippen LogP contribution in [0, 0.1) is 0 Å². The summed E-state index contributed by atoms with van der Waals surface area (Å²) in [5.74, 6) is 2.06. The Labute approximate surface area is 273 Å². The molecule has 3 aliphatic heterocycles. The van der Waals surface area contributed by atoms with Gasteiger partial charge in [0.25, 0.3) is 5.91 Å². The van der Waals surface area contributed by atoms with Gasteiger partial charge in [0, 0.05) is 38.7 Å². The minimum absolute atomic E-state index is 0.152. The largest absolute Gasteiger partial charge is 0.493 e. The van der Waals surface area contributed by atoms with Crippen molar-refractivity contribution in [1.29, 1.82) is 0 Å². The van der Waals surface area contributed by atoms with Gasteiger partial charge in [-0.05, 0) is 60.0 Å². The monoisotopic (exact) mass is 645 g/mol. The highest BCUT2D eigenvalue weighted by Gasteiger charge is 2.38. The second-order valence-corrected chi connectivity index (χ2v) is 11.6. The number of carbonyl (C=O) groups is 3. The van der Waals surface area contributed by atoms with Gasteiger partial charge in [0.1, 0.15) is 19.0 Å². The van der Waals surface area contributed by atoms with Crippen LogP contribution in [0.15, 0.2) is 60.7 Å². The lowest BCUT2D eigenvalue weighted by atomic mass is 10.1. The van der Waals surface area contributed by atoms with Crippen molar-refractivity contribution in [2.24, 2.45) is 0 Å². The minimum Gasteiger partial charge on any atom is -0.493 e. The van der Waals surface area contributed by atoms with Crippen LogP contribution in [0.2, 0.25) is 0 Å². The number of benzene rings is 3. The molecule has 3 aliphatic rings. The second-order valence-electron chi connectivity index (χ2n) is 11.6. The molecule has 3 amide bonds. The van der Waals surface area contributed by atoms with E-state index in [9.17, 15) is 14.4 Å². The zero-order chi connectivity index (χ0) is 32.8. The molecule has 248 valence electrons. The summed E-state index contributed by atoms with van der Waals surface area (Å²) in [6, 6.07) is 17.7. The number of likely N-dealkylation sites (tertiary alicyclic amines) is 1. The topological polar surface area (TPSA) is 125 Å². The maximum Gasteiger partial charge on any atom is 0.254 e. The lowest BCUT2D eigenvalue weighted by molar-refractivity contribution is -0.137. The van der Waals surface area contributed by atoms with Gasteiger partial charge in [-0.15, -0.1) is 0 Å². The van der Waals surface area contributed by atoms with Crippen LogP contribution in [0.3, 0.4) is 0 Å². The fourth-order valence-electron chi connectivity index (χ4n) is 5.92. The third-order valence-electron chi connectivity index (χ3n) is 8.39. The summed E-state index contributed by atoms with van der Waals surface area (Å²) in [6.07, 6.45) is 0.119. The molecule has 3 aromatic carbocycles. The molecule has 1 fully saturated rings. The summed E-state index contributed by atoms with van der Waals surface area (Å²) < 4.78 is 34.7. The number of fused-ring (bicyclic) bond motifs is 6. The Balaban J connectivity index is 1.26. The molecule has 2 atom stereocenters. The molecule has 0 spiro atoms. The number of hydrogen-bond acceptors (Lipinski definition) is 9. The van der Waals surface area contributed by atoms with Crippen molar-refractivity contribution in [3.8, 4) is 28.7 Å². The fourth-order valence-corrected chi connectivity index (χ4v) is 5.92. The van der Waals surface area contributed by atoms with Crippen LogP contribution in [-0.4, -0.2) is 99.9 Å². The Bertz CT molecular complexity index is 1610. The van der Waals surface area contributed by atoms with Crippen LogP contribution in [0.1, 0.15) is 27.9 Å². The van der Waals surface area contributed by atoms with Crippen LogP contribution < -0.4 is 24.3 Å². The average Bonchev–Trinajstić information content (AvgIpc) is 3.49. The molecule has 0 aromatic heterocycles. The fraction of sp³-hybridized carbons (Fsp3) is 0.400. The van der Waals surface area contributed by atoms with Crippen molar-refractivity contribution in [1.82, 2.24) is 15.1 Å². The Morgan fingerprint density at radius 1 is 0.915 bits per heavy atom. The van der Waals surface area contributed by atoms with Crippen molar-refractivity contribution in [2.75, 3.05) is 60.2 Å². The molecule has 47 heavy (non-hydrogen) atoms. The molecular formula is C35H39N3O9. The average molecular weight is 646 g/mol. The van der Waals surface area contributed by atoms with E-state index in [2.05, 4.69) is 5.32 Å². The number of nitrogens with zero attached hydrogens (tertiary/aromatic N) is 2. The maximum absolute atomic E-state index is 13.7. The Morgan fingerprint density at radius 2 is 1.77 bits per heavy atom. The van der Waals surface area contributed by atoms with E-state index < -0.39 is 12.1 Å². The summed E-state index contributed by atoms with van der Waals surface area (Å²) in [6.45, 7) is 1.96. The van der Waals surface area contributed by atoms with Gasteiger partial charge in [-0.2, -0.15) is 0 Å². The van der Waals surface area contributed by atoms with Gasteiger partial charge in [0.15, 0.2) is 23.0 Å². The highest BCUT2D eigenvalue weighted by Crippen LogP contribution is 2.34. The van der Waals surface area contributed by atoms with Crippen LogP contribution in [0.5, 0.6) is 28.7 Å². The molecule has 3 heterocycles. The van der Waals surface area contributed by atoms with Crippen LogP contribution >= 0.6 is 0 Å². The van der Waals surface area contributed by atoms with Gasteiger partial charge in [-0.25, -0.2) is 0 Å². The molecule has 0 aliphatic carbocycles. The smallest absolute Gasteiger partial charge is 0.254 e. The SMILES string of the molecule is COCCN1CC(=O)N[C@H]2CN(C(=O)c3ccc4c(c3)OCCO4)C[C@@H]2OCc2cccc(c2)Oc2cc(ccc2OC)CCC1=O. The number of carbonyl (C=O) groups excluding carboxylic acids is 3. The normalized spacial score (nSPS) is 20.0. The molecule has 12 nitrogen and oxygen atoms in total. The molecule has 6 rings (SSSR count). The Hall–Kier alpha value is -4.81. The van der Waals surface area contributed by atoms with Crippen molar-refractivity contribution < 1.29 is 42.8 Å². The van der Waals surface area contributed by atoms with Crippen molar-refractivity contribution in [3.05, 3.63) is 77.4 Å². The zero-order valence-corrected chi connectivity index (χ0v) is 26.6. The summed E-state index contributed by atoms with van der Waals surface area (Å²) >= 11 is 0. The number of rotatable bonds is 5. The van der Waals surface area contributed by atoms with Gasteiger partial charge in [-0.1, -0.05) is 18.2 Å². The first-order chi connectivity index (χ1) is 22.9. The van der Waals surface area contributed by atoms with Gasteiger partial charge >= 0.3 is 0 Å². The van der Waals surface area contributed by atoms with E-state index in [1.54, 1.807) is 37.3 Å². The number of hydrogen-bond donors (Lipinski definition) is 1. The van der Waals surface area contributed by atoms with Crippen molar-refractivity contribution in [2.45, 2.75) is 31.6 Å². The van der Waals surface area contributed by atoms with E-state index in [4.69, 9.17) is 28.4 Å². The predicted octanol–water partition coefficient (Wildman–Crippen LogP) is 3.21. The highest BCUT2D eigenvalue weighted by atomic mass is 16.6. The van der Waals surface area contributed by atoms with E-state index in [1.807, 2.05) is 42.5 Å². The third-order valence-corrected chi connectivity index (χ3v) is 8.39. The lowest BCUT2D eigenvalue weighted by Gasteiger charge is -2.25. The Kier molecular flexibility index (Phi) is 10.1. The maximum atomic E-state index is 13.7. The molecule has 0 saturated carbocycles. The van der Waals surface area contributed by atoms with Gasteiger partial charge in [-0.3, -0.25) is 14.4 Å². The number of aryl methyl sites for hydroxylation is 1. The number of amides is 3. The summed E-state index contributed by atoms with van der Waals surface area (Å²) in [5, 5.41) is 3.04. The first kappa shape index (κ1) is 32.1. The van der Waals surface area contributed by atoms with Crippen LogP contribution in [-0.2, 0) is 32.1 Å². The predicted molar refractivity (Wildman–Crippen MR) is 170 cm³/mol. The quantitative estimate of drug-likeness (QED) is 0.446. The molecule has 0 unspecified atom stereocenters. The molecular weight excluding hydrogens is 606 g/mol. The highest BCUT2D eigenvalue weighted by molar-refractivity contribution is 5.95. The van der Waals surface area contributed by atoms with E-state index in [0.717, 1.165) is 11.1 Å². The summed E-state index contributed by atoms with van der Waals surface area (Å²) in [7, 11) is 3.13. The van der Waals surface area contributed by atoms with E-state index in [1.165, 1.54) is 4.90 Å². The molecule has 1 saturated heterocycles. The summed E-state index contributed by atoms with van der Waals surface area (Å²) in [5.41, 5.74) is 2.20.